The molecular weight excluding hydrogens is 300 g/mol. The summed E-state index contributed by atoms with van der Waals surface area (Å²) in [6.07, 6.45) is 1.59. The van der Waals surface area contributed by atoms with Crippen LogP contribution < -0.4 is 5.32 Å². The molecule has 8 heteroatoms. The van der Waals surface area contributed by atoms with Crippen molar-refractivity contribution in [3.05, 3.63) is 11.7 Å². The lowest BCUT2D eigenvalue weighted by atomic mass is 10.1. The summed E-state index contributed by atoms with van der Waals surface area (Å²) in [5.41, 5.74) is 0. The van der Waals surface area contributed by atoms with Crippen molar-refractivity contribution in [3.8, 4) is 0 Å². The van der Waals surface area contributed by atoms with Gasteiger partial charge < -0.3 is 19.5 Å². The van der Waals surface area contributed by atoms with Crippen molar-refractivity contribution in [3.63, 3.8) is 0 Å². The van der Waals surface area contributed by atoms with Crippen molar-refractivity contribution in [2.75, 3.05) is 20.3 Å². The van der Waals surface area contributed by atoms with Crippen LogP contribution in [0.1, 0.15) is 50.9 Å². The van der Waals surface area contributed by atoms with E-state index in [1.807, 2.05) is 13.8 Å². The Hall–Kier alpha value is -1.96. The third-order valence-corrected chi connectivity index (χ3v) is 3.67. The lowest BCUT2D eigenvalue weighted by molar-refractivity contribution is -0.130. The van der Waals surface area contributed by atoms with Crippen molar-refractivity contribution >= 4 is 11.8 Å². The van der Waals surface area contributed by atoms with Gasteiger partial charge in [-0.2, -0.15) is 4.98 Å². The van der Waals surface area contributed by atoms with Crippen LogP contribution in [-0.4, -0.2) is 47.1 Å². The smallest absolute Gasteiger partial charge is 0.249 e. The van der Waals surface area contributed by atoms with Gasteiger partial charge >= 0.3 is 0 Å². The van der Waals surface area contributed by atoms with Crippen LogP contribution in [0.5, 0.6) is 0 Å². The summed E-state index contributed by atoms with van der Waals surface area (Å²) in [6, 6.07) is -0.203. The fourth-order valence-electron chi connectivity index (χ4n) is 2.56. The van der Waals surface area contributed by atoms with Crippen molar-refractivity contribution < 1.29 is 18.8 Å². The summed E-state index contributed by atoms with van der Waals surface area (Å²) < 4.78 is 10.3. The van der Waals surface area contributed by atoms with Crippen molar-refractivity contribution in [1.29, 1.82) is 0 Å². The first-order valence-corrected chi connectivity index (χ1v) is 7.88. The molecule has 2 heterocycles. The second-order valence-electron chi connectivity index (χ2n) is 6.06. The van der Waals surface area contributed by atoms with Crippen LogP contribution in [-0.2, 0) is 20.9 Å². The summed E-state index contributed by atoms with van der Waals surface area (Å²) >= 11 is 0. The van der Waals surface area contributed by atoms with Gasteiger partial charge in [0.1, 0.15) is 6.04 Å². The molecule has 0 saturated carbocycles. The first-order chi connectivity index (χ1) is 11.0. The highest BCUT2D eigenvalue weighted by molar-refractivity contribution is 5.78. The molecule has 1 aliphatic rings. The summed E-state index contributed by atoms with van der Waals surface area (Å²) in [5.74, 6) is 1.17. The number of methoxy groups -OCH3 is 1. The van der Waals surface area contributed by atoms with E-state index in [9.17, 15) is 9.59 Å². The average molecular weight is 324 g/mol. The minimum Gasteiger partial charge on any atom is -0.383 e. The lowest BCUT2D eigenvalue weighted by Gasteiger charge is -2.21. The molecule has 128 valence electrons. The van der Waals surface area contributed by atoms with E-state index in [0.717, 1.165) is 0 Å². The van der Waals surface area contributed by atoms with Crippen LogP contribution >= 0.6 is 0 Å². The van der Waals surface area contributed by atoms with Gasteiger partial charge in [0.15, 0.2) is 5.82 Å². The Morgan fingerprint density at radius 2 is 2.30 bits per heavy atom. The number of carbonyl (C=O) groups is 2. The third kappa shape index (κ3) is 4.75. The summed E-state index contributed by atoms with van der Waals surface area (Å²) in [5, 5.41) is 6.65. The van der Waals surface area contributed by atoms with E-state index in [0.29, 0.717) is 50.0 Å². The van der Waals surface area contributed by atoms with E-state index in [2.05, 4.69) is 15.5 Å². The monoisotopic (exact) mass is 324 g/mol. The number of nitrogens with one attached hydrogen (secondary N) is 1. The molecule has 1 N–H and O–H groups in total. The number of hydrogen-bond acceptors (Lipinski definition) is 6. The molecule has 1 saturated heterocycles. The standard InChI is InChI=1S/C15H24N4O4/c1-10(2)8-13(20)16-9-12-17-15(23-18-12)11-4-5-14(21)19(11)6-7-22-3/h10-11H,4-9H2,1-3H3,(H,16,20)/t11-/m0/s1. The van der Waals surface area contributed by atoms with Crippen LogP contribution in [0.3, 0.4) is 0 Å². The molecule has 0 aromatic carbocycles. The number of carbonyl (C=O) groups excluding carboxylic acids is 2. The number of hydrogen-bond donors (Lipinski definition) is 1. The highest BCUT2D eigenvalue weighted by atomic mass is 16.5. The number of aromatic nitrogens is 2. The van der Waals surface area contributed by atoms with Crippen LogP contribution in [0, 0.1) is 5.92 Å². The molecule has 0 spiro atoms. The van der Waals surface area contributed by atoms with Gasteiger partial charge in [-0.1, -0.05) is 19.0 Å². The first kappa shape index (κ1) is 17.4. The van der Waals surface area contributed by atoms with Gasteiger partial charge in [0.25, 0.3) is 0 Å². The Labute approximate surface area is 135 Å². The molecule has 0 aliphatic carbocycles. The van der Waals surface area contributed by atoms with Gasteiger partial charge in [-0.05, 0) is 12.3 Å². The van der Waals surface area contributed by atoms with Crippen LogP contribution in [0.25, 0.3) is 0 Å². The molecule has 2 rings (SSSR count). The van der Waals surface area contributed by atoms with E-state index in [1.165, 1.54) is 0 Å². The van der Waals surface area contributed by atoms with Crippen LogP contribution in [0.15, 0.2) is 4.52 Å². The second kappa shape index (κ2) is 8.05. The number of amides is 2. The van der Waals surface area contributed by atoms with Crippen molar-refractivity contribution in [2.24, 2.45) is 5.92 Å². The molecule has 0 unspecified atom stereocenters. The maximum absolute atomic E-state index is 11.9. The van der Waals surface area contributed by atoms with Crippen LogP contribution in [0.2, 0.25) is 0 Å². The Balaban J connectivity index is 1.93. The molecule has 23 heavy (non-hydrogen) atoms. The Morgan fingerprint density at radius 1 is 1.52 bits per heavy atom. The number of likely N-dealkylation sites (tertiary alicyclic amines) is 1. The van der Waals surface area contributed by atoms with E-state index in [4.69, 9.17) is 9.26 Å². The molecule has 1 aromatic rings. The second-order valence-corrected chi connectivity index (χ2v) is 6.06. The Morgan fingerprint density at radius 3 is 3.00 bits per heavy atom. The van der Waals surface area contributed by atoms with Crippen molar-refractivity contribution in [1.82, 2.24) is 20.4 Å². The number of ether oxygens (including phenoxy) is 1. The Bertz CT molecular complexity index is 543. The van der Waals surface area contributed by atoms with E-state index in [-0.39, 0.29) is 24.4 Å². The number of rotatable bonds is 8. The number of nitrogens with zero attached hydrogens (tertiary/aromatic N) is 3. The summed E-state index contributed by atoms with van der Waals surface area (Å²) in [4.78, 5) is 29.6. The third-order valence-electron chi connectivity index (χ3n) is 3.67. The van der Waals surface area contributed by atoms with Gasteiger partial charge in [0, 0.05) is 26.5 Å². The van der Waals surface area contributed by atoms with Gasteiger partial charge in [0.05, 0.1) is 13.2 Å². The maximum atomic E-state index is 11.9. The van der Waals surface area contributed by atoms with Gasteiger partial charge in [-0.25, -0.2) is 0 Å². The molecule has 1 atom stereocenters. The minimum absolute atomic E-state index is 0.0379. The average Bonchev–Trinajstić information content (AvgIpc) is 3.09. The van der Waals surface area contributed by atoms with Crippen LogP contribution in [0.4, 0.5) is 0 Å². The molecule has 8 nitrogen and oxygen atoms in total. The zero-order valence-corrected chi connectivity index (χ0v) is 13.9. The zero-order chi connectivity index (χ0) is 16.8. The molecule has 0 radical (unpaired) electrons. The van der Waals surface area contributed by atoms with E-state index in [1.54, 1.807) is 12.0 Å². The first-order valence-electron chi connectivity index (χ1n) is 7.88. The van der Waals surface area contributed by atoms with Gasteiger partial charge in [-0.3, -0.25) is 9.59 Å². The van der Waals surface area contributed by atoms with E-state index < -0.39 is 0 Å². The predicted octanol–water partition coefficient (Wildman–Crippen LogP) is 1.04. The van der Waals surface area contributed by atoms with Crippen molar-refractivity contribution in [2.45, 2.75) is 45.7 Å². The molecule has 1 aromatic heterocycles. The SMILES string of the molecule is COCCN1C(=O)CC[C@H]1c1nc(CNC(=O)CC(C)C)no1. The highest BCUT2D eigenvalue weighted by Gasteiger charge is 2.35. The Kier molecular flexibility index (Phi) is 6.09. The summed E-state index contributed by atoms with van der Waals surface area (Å²) in [6.45, 7) is 5.17. The normalized spacial score (nSPS) is 18.0. The minimum atomic E-state index is -0.203. The molecule has 0 bridgehead atoms. The summed E-state index contributed by atoms with van der Waals surface area (Å²) in [7, 11) is 1.60. The maximum Gasteiger partial charge on any atom is 0.249 e. The molecule has 2 amide bonds. The fourth-order valence-corrected chi connectivity index (χ4v) is 2.56. The van der Waals surface area contributed by atoms with Gasteiger partial charge in [0.2, 0.25) is 17.7 Å². The molecule has 1 aliphatic heterocycles. The van der Waals surface area contributed by atoms with Gasteiger partial charge in [-0.15, -0.1) is 0 Å². The quantitative estimate of drug-likeness (QED) is 0.767. The van der Waals surface area contributed by atoms with E-state index >= 15 is 0 Å². The topological polar surface area (TPSA) is 97.6 Å². The molecular formula is C15H24N4O4. The predicted molar refractivity (Wildman–Crippen MR) is 81.2 cm³/mol. The largest absolute Gasteiger partial charge is 0.383 e. The zero-order valence-electron chi connectivity index (χ0n) is 13.9. The highest BCUT2D eigenvalue weighted by Crippen LogP contribution is 2.31. The molecule has 1 fully saturated rings. The fraction of sp³-hybridized carbons (Fsp3) is 0.733. The lowest BCUT2D eigenvalue weighted by Crippen LogP contribution is -2.31.